The fourth-order valence-electron chi connectivity index (χ4n) is 3.20. The first-order chi connectivity index (χ1) is 13.7. The van der Waals surface area contributed by atoms with Gasteiger partial charge in [0.25, 0.3) is 0 Å². The van der Waals surface area contributed by atoms with Crippen molar-refractivity contribution in [2.24, 2.45) is 5.92 Å². The van der Waals surface area contributed by atoms with Crippen LogP contribution in [0.15, 0.2) is 30.3 Å². The minimum atomic E-state index is -0.193. The molecule has 3 rings (SSSR count). The monoisotopic (exact) mass is 396 g/mol. The zero-order valence-corrected chi connectivity index (χ0v) is 18.2. The fourth-order valence-corrected chi connectivity index (χ4v) is 3.20. The molecule has 1 aliphatic carbocycles. The largest absolute Gasteiger partial charge is 0.333 e. The topological polar surface area (TPSA) is 67.2 Å². The number of amides is 2. The molecule has 2 amide bonds. The highest BCUT2D eigenvalue weighted by molar-refractivity contribution is 5.94. The summed E-state index contributed by atoms with van der Waals surface area (Å²) in [6.07, 6.45) is 2.72. The van der Waals surface area contributed by atoms with Gasteiger partial charge in [0.1, 0.15) is 5.82 Å². The number of rotatable bonds is 7. The molecule has 0 unspecified atom stereocenters. The van der Waals surface area contributed by atoms with E-state index in [4.69, 9.17) is 5.10 Å². The summed E-state index contributed by atoms with van der Waals surface area (Å²) in [5.41, 5.74) is 2.80. The van der Waals surface area contributed by atoms with E-state index in [1.54, 1.807) is 9.58 Å². The quantitative estimate of drug-likeness (QED) is 0.767. The Kier molecular flexibility index (Phi) is 6.10. The van der Waals surface area contributed by atoms with E-state index in [9.17, 15) is 9.59 Å². The van der Waals surface area contributed by atoms with Gasteiger partial charge in [-0.15, -0.1) is 0 Å². The molecule has 0 aliphatic heterocycles. The number of aryl methyl sites for hydroxylation is 1. The lowest BCUT2D eigenvalue weighted by Crippen LogP contribution is -2.39. The molecule has 2 aromatic rings. The predicted molar refractivity (Wildman–Crippen MR) is 115 cm³/mol. The van der Waals surface area contributed by atoms with Crippen LogP contribution in [-0.2, 0) is 15.0 Å². The van der Waals surface area contributed by atoms with E-state index in [1.807, 2.05) is 44.2 Å². The highest BCUT2D eigenvalue weighted by Gasteiger charge is 2.34. The zero-order chi connectivity index (χ0) is 21.2. The number of aromatic nitrogens is 2. The van der Waals surface area contributed by atoms with Crippen LogP contribution in [0.5, 0.6) is 0 Å². The SMILES string of the molecule is CCCN(CC(=O)Nc1cc(C(C)(C)C)nn1-c1ccc(C)cc1)C(=O)C1CC1. The number of nitrogens with zero attached hydrogens (tertiary/aromatic N) is 3. The maximum absolute atomic E-state index is 12.8. The maximum atomic E-state index is 12.8. The molecule has 0 radical (unpaired) electrons. The lowest BCUT2D eigenvalue weighted by molar-refractivity contribution is -0.135. The van der Waals surface area contributed by atoms with Crippen molar-refractivity contribution in [3.63, 3.8) is 0 Å². The smallest absolute Gasteiger partial charge is 0.245 e. The first-order valence-electron chi connectivity index (χ1n) is 10.4. The van der Waals surface area contributed by atoms with Crippen molar-refractivity contribution in [3.8, 4) is 5.69 Å². The molecule has 1 saturated carbocycles. The second-order valence-corrected chi connectivity index (χ2v) is 8.99. The van der Waals surface area contributed by atoms with Gasteiger partial charge in [-0.05, 0) is 38.3 Å². The maximum Gasteiger partial charge on any atom is 0.245 e. The average molecular weight is 397 g/mol. The number of nitrogens with one attached hydrogen (secondary N) is 1. The third kappa shape index (κ3) is 5.25. The third-order valence-corrected chi connectivity index (χ3v) is 5.09. The zero-order valence-electron chi connectivity index (χ0n) is 18.2. The molecule has 1 fully saturated rings. The Morgan fingerprint density at radius 2 is 1.86 bits per heavy atom. The number of hydrogen-bond donors (Lipinski definition) is 1. The molecule has 0 saturated heterocycles. The van der Waals surface area contributed by atoms with E-state index in [1.165, 1.54) is 0 Å². The van der Waals surface area contributed by atoms with Crippen molar-refractivity contribution in [3.05, 3.63) is 41.6 Å². The minimum absolute atomic E-state index is 0.0765. The number of carbonyl (C=O) groups excluding carboxylic acids is 2. The molecule has 0 atom stereocenters. The van der Waals surface area contributed by atoms with E-state index < -0.39 is 0 Å². The summed E-state index contributed by atoms with van der Waals surface area (Å²) in [6.45, 7) is 11.0. The molecular weight excluding hydrogens is 364 g/mol. The molecule has 0 spiro atoms. The second kappa shape index (κ2) is 8.39. The van der Waals surface area contributed by atoms with E-state index in [2.05, 4.69) is 26.1 Å². The van der Waals surface area contributed by atoms with Crippen LogP contribution >= 0.6 is 0 Å². The molecule has 1 heterocycles. The van der Waals surface area contributed by atoms with Crippen molar-refractivity contribution < 1.29 is 9.59 Å². The normalized spacial score (nSPS) is 14.0. The van der Waals surface area contributed by atoms with Crippen LogP contribution in [-0.4, -0.2) is 39.6 Å². The summed E-state index contributed by atoms with van der Waals surface area (Å²) in [7, 11) is 0. The molecule has 29 heavy (non-hydrogen) atoms. The third-order valence-electron chi connectivity index (χ3n) is 5.09. The van der Waals surface area contributed by atoms with Crippen molar-refractivity contribution in [2.45, 2.75) is 59.3 Å². The molecule has 1 N–H and O–H groups in total. The van der Waals surface area contributed by atoms with Crippen LogP contribution in [0.4, 0.5) is 5.82 Å². The molecule has 156 valence electrons. The molecular formula is C23H32N4O2. The summed E-state index contributed by atoms with van der Waals surface area (Å²) in [5, 5.41) is 7.73. The van der Waals surface area contributed by atoms with Gasteiger partial charge in [-0.25, -0.2) is 4.68 Å². The van der Waals surface area contributed by atoms with Crippen LogP contribution in [0.2, 0.25) is 0 Å². The lowest BCUT2D eigenvalue weighted by Gasteiger charge is -2.21. The van der Waals surface area contributed by atoms with Gasteiger partial charge in [-0.1, -0.05) is 45.4 Å². The Bertz CT molecular complexity index is 873. The van der Waals surface area contributed by atoms with Crippen molar-refractivity contribution in [1.29, 1.82) is 0 Å². The molecule has 1 aliphatic rings. The van der Waals surface area contributed by atoms with Crippen molar-refractivity contribution in [2.75, 3.05) is 18.4 Å². The summed E-state index contributed by atoms with van der Waals surface area (Å²) in [4.78, 5) is 26.9. The van der Waals surface area contributed by atoms with Crippen LogP contribution in [0.1, 0.15) is 58.2 Å². The Balaban J connectivity index is 1.82. The van der Waals surface area contributed by atoms with E-state index in [0.717, 1.165) is 36.2 Å². The fraction of sp³-hybridized carbons (Fsp3) is 0.522. The lowest BCUT2D eigenvalue weighted by atomic mass is 9.92. The number of carbonyl (C=O) groups is 2. The van der Waals surface area contributed by atoms with Crippen LogP contribution in [0, 0.1) is 12.8 Å². The number of hydrogen-bond acceptors (Lipinski definition) is 3. The van der Waals surface area contributed by atoms with Crippen LogP contribution < -0.4 is 5.32 Å². The Labute approximate surface area is 173 Å². The summed E-state index contributed by atoms with van der Waals surface area (Å²) < 4.78 is 1.77. The van der Waals surface area contributed by atoms with E-state index >= 15 is 0 Å². The van der Waals surface area contributed by atoms with E-state index in [0.29, 0.717) is 12.4 Å². The van der Waals surface area contributed by atoms with Gasteiger partial charge >= 0.3 is 0 Å². The first-order valence-corrected chi connectivity index (χ1v) is 10.4. The summed E-state index contributed by atoms with van der Waals surface area (Å²) >= 11 is 0. The van der Waals surface area contributed by atoms with E-state index in [-0.39, 0.29) is 29.7 Å². The predicted octanol–water partition coefficient (Wildman–Crippen LogP) is 4.07. The Hall–Kier alpha value is -2.63. The average Bonchev–Trinajstić information content (AvgIpc) is 3.41. The highest BCUT2D eigenvalue weighted by atomic mass is 16.2. The van der Waals surface area contributed by atoms with Gasteiger partial charge in [0.05, 0.1) is 17.9 Å². The molecule has 1 aromatic heterocycles. The Morgan fingerprint density at radius 1 is 1.21 bits per heavy atom. The van der Waals surface area contributed by atoms with Gasteiger partial charge < -0.3 is 10.2 Å². The van der Waals surface area contributed by atoms with Gasteiger partial charge in [0, 0.05) is 23.9 Å². The summed E-state index contributed by atoms with van der Waals surface area (Å²) in [6, 6.07) is 9.95. The van der Waals surface area contributed by atoms with Gasteiger partial charge in [-0.3, -0.25) is 9.59 Å². The van der Waals surface area contributed by atoms with Crippen LogP contribution in [0.3, 0.4) is 0 Å². The molecule has 6 nitrogen and oxygen atoms in total. The summed E-state index contributed by atoms with van der Waals surface area (Å²) in [5.74, 6) is 0.643. The number of benzene rings is 1. The first kappa shape index (κ1) is 21.1. The van der Waals surface area contributed by atoms with Crippen LogP contribution in [0.25, 0.3) is 5.69 Å². The van der Waals surface area contributed by atoms with Crippen molar-refractivity contribution in [1.82, 2.24) is 14.7 Å². The standard InChI is InChI=1S/C23H32N4O2/c1-6-13-26(22(29)17-9-10-17)15-21(28)24-20-14-19(23(3,4)5)25-27(20)18-11-7-16(2)8-12-18/h7-8,11-12,14,17H,6,9-10,13,15H2,1-5H3,(H,24,28). The Morgan fingerprint density at radius 3 is 2.41 bits per heavy atom. The molecule has 0 bridgehead atoms. The second-order valence-electron chi connectivity index (χ2n) is 8.99. The number of anilines is 1. The highest BCUT2D eigenvalue weighted by Crippen LogP contribution is 2.31. The molecule has 6 heteroatoms. The molecule has 1 aromatic carbocycles. The van der Waals surface area contributed by atoms with Gasteiger partial charge in [0.15, 0.2) is 0 Å². The minimum Gasteiger partial charge on any atom is -0.333 e. The van der Waals surface area contributed by atoms with Gasteiger partial charge in [-0.2, -0.15) is 5.10 Å². The van der Waals surface area contributed by atoms with Crippen molar-refractivity contribution >= 4 is 17.6 Å². The van der Waals surface area contributed by atoms with Gasteiger partial charge in [0.2, 0.25) is 11.8 Å².